The van der Waals surface area contributed by atoms with E-state index < -0.39 is 0 Å². The molecule has 0 saturated heterocycles. The van der Waals surface area contributed by atoms with Gasteiger partial charge in [0.25, 0.3) is 0 Å². The van der Waals surface area contributed by atoms with Gasteiger partial charge in [-0.25, -0.2) is 15.8 Å². The minimum atomic E-state index is 0.486. The minimum Gasteiger partial charge on any atom is -0.356 e. The second-order valence-corrected chi connectivity index (χ2v) is 2.38. The Hall–Kier alpha value is -1.56. The van der Waals surface area contributed by atoms with Crippen molar-refractivity contribution in [2.45, 2.75) is 13.5 Å². The van der Waals surface area contributed by atoms with Crippen LogP contribution in [0.15, 0.2) is 17.4 Å². The molecule has 1 aromatic heterocycles. The van der Waals surface area contributed by atoms with E-state index >= 15 is 0 Å². The molecular weight excluding hydrogens is 168 g/mol. The normalized spacial score (nSPS) is 11.4. The summed E-state index contributed by atoms with van der Waals surface area (Å²) in [5.74, 6) is 6.60. The largest absolute Gasteiger partial charge is 0.356 e. The molecule has 72 valence electrons. The molecule has 0 aromatic carbocycles. The summed E-state index contributed by atoms with van der Waals surface area (Å²) in [6, 6.07) is 0. The Kier molecular flexibility index (Phi) is 3.77. The van der Waals surface area contributed by atoms with Gasteiger partial charge in [-0.1, -0.05) is 0 Å². The molecule has 13 heavy (non-hydrogen) atoms. The first-order valence-electron chi connectivity index (χ1n) is 4.10. The molecule has 0 aliphatic carbocycles. The van der Waals surface area contributed by atoms with Gasteiger partial charge in [0.1, 0.15) is 12.4 Å². The highest BCUT2D eigenvalue weighted by Crippen LogP contribution is 1.90. The zero-order valence-corrected chi connectivity index (χ0v) is 7.54. The molecule has 1 heterocycles. The number of nitrogens with one attached hydrogen (secondary N) is 3. The molecule has 0 unspecified atom stereocenters. The van der Waals surface area contributed by atoms with Gasteiger partial charge in [-0.15, -0.1) is 0 Å². The van der Waals surface area contributed by atoms with Crippen LogP contribution in [0, 0.1) is 0 Å². The molecule has 6 nitrogen and oxygen atoms in total. The standard InChI is InChI=1S/C7H14N6/c1-2-9-7(13-8)12-5-6-10-3-4-11-6/h3-4H,2,5,8H2,1H3,(H,10,11)(H2,9,12,13). The van der Waals surface area contributed by atoms with Crippen LogP contribution < -0.4 is 16.6 Å². The Morgan fingerprint density at radius 3 is 3.15 bits per heavy atom. The maximum absolute atomic E-state index is 5.22. The van der Waals surface area contributed by atoms with Gasteiger partial charge >= 0.3 is 0 Å². The summed E-state index contributed by atoms with van der Waals surface area (Å²) < 4.78 is 0. The number of aliphatic imine (C=N–C) groups is 1. The number of aromatic nitrogens is 2. The van der Waals surface area contributed by atoms with Crippen molar-refractivity contribution >= 4 is 5.96 Å². The molecule has 0 amide bonds. The van der Waals surface area contributed by atoms with Gasteiger partial charge in [0, 0.05) is 18.9 Å². The quantitative estimate of drug-likeness (QED) is 0.216. The van der Waals surface area contributed by atoms with Crippen molar-refractivity contribution in [3.8, 4) is 0 Å². The first-order chi connectivity index (χ1) is 6.36. The number of guanidine groups is 1. The van der Waals surface area contributed by atoms with Gasteiger partial charge in [-0.2, -0.15) is 0 Å². The number of H-pyrrole nitrogens is 1. The highest BCUT2D eigenvalue weighted by molar-refractivity contribution is 5.78. The third-order valence-corrected chi connectivity index (χ3v) is 1.42. The van der Waals surface area contributed by atoms with Gasteiger partial charge in [-0.3, -0.25) is 5.43 Å². The molecule has 0 aliphatic rings. The Bertz CT molecular complexity index is 252. The van der Waals surface area contributed by atoms with E-state index in [9.17, 15) is 0 Å². The predicted octanol–water partition coefficient (Wildman–Crippen LogP) is -0.661. The maximum atomic E-state index is 5.22. The fourth-order valence-corrected chi connectivity index (χ4v) is 0.858. The Morgan fingerprint density at radius 1 is 1.77 bits per heavy atom. The van der Waals surface area contributed by atoms with E-state index in [-0.39, 0.29) is 0 Å². The maximum Gasteiger partial charge on any atom is 0.206 e. The zero-order chi connectivity index (χ0) is 9.52. The number of imidazole rings is 1. The third-order valence-electron chi connectivity index (χ3n) is 1.42. The lowest BCUT2D eigenvalue weighted by molar-refractivity contribution is 0.838. The van der Waals surface area contributed by atoms with Crippen molar-refractivity contribution in [3.63, 3.8) is 0 Å². The third kappa shape index (κ3) is 3.12. The average molecular weight is 182 g/mol. The summed E-state index contributed by atoms with van der Waals surface area (Å²) in [5.41, 5.74) is 2.46. The molecule has 0 fully saturated rings. The van der Waals surface area contributed by atoms with Crippen LogP contribution in [0.1, 0.15) is 12.7 Å². The number of hydrogen-bond acceptors (Lipinski definition) is 3. The van der Waals surface area contributed by atoms with Crippen molar-refractivity contribution < 1.29 is 0 Å². The molecule has 0 bridgehead atoms. The van der Waals surface area contributed by atoms with E-state index in [0.717, 1.165) is 12.4 Å². The molecule has 0 atom stereocenters. The fraction of sp³-hybridized carbons (Fsp3) is 0.429. The van der Waals surface area contributed by atoms with Crippen LogP contribution in [0.25, 0.3) is 0 Å². The number of rotatable bonds is 3. The van der Waals surface area contributed by atoms with Crippen LogP contribution in [0.5, 0.6) is 0 Å². The van der Waals surface area contributed by atoms with Crippen molar-refractivity contribution in [1.82, 2.24) is 20.7 Å². The molecule has 0 spiro atoms. The van der Waals surface area contributed by atoms with Crippen LogP contribution in [0.3, 0.4) is 0 Å². The number of hydrogen-bond donors (Lipinski definition) is 4. The molecule has 5 N–H and O–H groups in total. The van der Waals surface area contributed by atoms with Crippen molar-refractivity contribution in [2.24, 2.45) is 10.8 Å². The van der Waals surface area contributed by atoms with Crippen molar-refractivity contribution in [3.05, 3.63) is 18.2 Å². The van der Waals surface area contributed by atoms with Crippen LogP contribution in [0.4, 0.5) is 0 Å². The van der Waals surface area contributed by atoms with Gasteiger partial charge < -0.3 is 10.3 Å². The lowest BCUT2D eigenvalue weighted by Gasteiger charge is -2.05. The van der Waals surface area contributed by atoms with Gasteiger partial charge in [0.15, 0.2) is 0 Å². The summed E-state index contributed by atoms with van der Waals surface area (Å²) >= 11 is 0. The van der Waals surface area contributed by atoms with Crippen LogP contribution >= 0.6 is 0 Å². The van der Waals surface area contributed by atoms with Crippen molar-refractivity contribution in [2.75, 3.05) is 6.54 Å². The lowest BCUT2D eigenvalue weighted by Crippen LogP contribution is -2.41. The molecular formula is C7H14N6. The Morgan fingerprint density at radius 2 is 2.62 bits per heavy atom. The second kappa shape index (κ2) is 5.15. The highest BCUT2D eigenvalue weighted by atomic mass is 15.3. The Labute approximate surface area is 76.6 Å². The van der Waals surface area contributed by atoms with Gasteiger partial charge in [-0.05, 0) is 6.92 Å². The SMILES string of the molecule is CCNC(=NCc1ncc[nH]1)NN. The number of hydrazine groups is 1. The molecule has 1 aromatic rings. The first-order valence-corrected chi connectivity index (χ1v) is 4.10. The van der Waals surface area contributed by atoms with Crippen LogP contribution in [0.2, 0.25) is 0 Å². The second-order valence-electron chi connectivity index (χ2n) is 2.38. The van der Waals surface area contributed by atoms with E-state index in [1.165, 1.54) is 0 Å². The number of aromatic amines is 1. The van der Waals surface area contributed by atoms with E-state index in [0.29, 0.717) is 12.5 Å². The smallest absolute Gasteiger partial charge is 0.206 e. The number of nitrogens with zero attached hydrogens (tertiary/aromatic N) is 2. The summed E-state index contributed by atoms with van der Waals surface area (Å²) in [6.07, 6.45) is 3.45. The van der Waals surface area contributed by atoms with Gasteiger partial charge in [0.05, 0.1) is 0 Å². The zero-order valence-electron chi connectivity index (χ0n) is 7.54. The molecule has 0 aliphatic heterocycles. The average Bonchev–Trinajstić information content (AvgIpc) is 2.64. The highest BCUT2D eigenvalue weighted by Gasteiger charge is 1.94. The molecule has 6 heteroatoms. The van der Waals surface area contributed by atoms with Gasteiger partial charge in [0.2, 0.25) is 5.96 Å². The monoisotopic (exact) mass is 182 g/mol. The molecule has 0 saturated carbocycles. The summed E-state index contributed by atoms with van der Waals surface area (Å²) in [4.78, 5) is 11.1. The summed E-state index contributed by atoms with van der Waals surface area (Å²) in [5, 5.41) is 2.97. The van der Waals surface area contributed by atoms with Crippen LogP contribution in [-0.4, -0.2) is 22.5 Å². The topological polar surface area (TPSA) is 91.1 Å². The summed E-state index contributed by atoms with van der Waals surface area (Å²) in [7, 11) is 0. The summed E-state index contributed by atoms with van der Waals surface area (Å²) in [6.45, 7) is 3.24. The molecule has 0 radical (unpaired) electrons. The van der Waals surface area contributed by atoms with E-state index in [1.54, 1.807) is 12.4 Å². The number of nitrogens with two attached hydrogens (primary N) is 1. The lowest BCUT2D eigenvalue weighted by atomic mass is 10.6. The predicted molar refractivity (Wildman–Crippen MR) is 50.7 cm³/mol. The minimum absolute atomic E-state index is 0.486. The van der Waals surface area contributed by atoms with E-state index in [1.807, 2.05) is 6.92 Å². The Balaban J connectivity index is 2.45. The first kappa shape index (κ1) is 9.53. The fourth-order valence-electron chi connectivity index (χ4n) is 0.858. The molecule has 1 rings (SSSR count). The van der Waals surface area contributed by atoms with Crippen molar-refractivity contribution in [1.29, 1.82) is 0 Å². The van der Waals surface area contributed by atoms with E-state index in [4.69, 9.17) is 5.84 Å². The van der Waals surface area contributed by atoms with E-state index in [2.05, 4.69) is 25.7 Å². The van der Waals surface area contributed by atoms with Crippen LogP contribution in [-0.2, 0) is 6.54 Å².